The Balaban J connectivity index is 2.10. The van der Waals surface area contributed by atoms with Gasteiger partial charge in [-0.1, -0.05) is 30.3 Å². The van der Waals surface area contributed by atoms with Crippen LogP contribution in [0.3, 0.4) is 0 Å². The molecule has 1 aliphatic rings. The summed E-state index contributed by atoms with van der Waals surface area (Å²) in [5, 5.41) is 20.5. The molecule has 3 nitrogen and oxygen atoms in total. The molecule has 0 amide bonds. The Morgan fingerprint density at radius 3 is 2.62 bits per heavy atom. The Morgan fingerprint density at radius 2 is 1.90 bits per heavy atom. The summed E-state index contributed by atoms with van der Waals surface area (Å²) < 4.78 is 18.6. The van der Waals surface area contributed by atoms with Gasteiger partial charge in [-0.3, -0.25) is 0 Å². The molecule has 2 unspecified atom stereocenters. The minimum absolute atomic E-state index is 0.364. The third-order valence-corrected chi connectivity index (χ3v) is 3.97. The van der Waals surface area contributed by atoms with E-state index in [2.05, 4.69) is 6.07 Å². The number of halogens is 1. The molecule has 1 aliphatic heterocycles. The van der Waals surface area contributed by atoms with Crippen LogP contribution in [-0.2, 0) is 5.41 Å². The highest BCUT2D eigenvalue weighted by Gasteiger charge is 2.45. The normalized spacial score (nSPS) is 21.8. The number of nitrogens with zero attached hydrogens (tertiary/aromatic N) is 1. The predicted octanol–water partition coefficient (Wildman–Crippen LogP) is 3.10. The summed E-state index contributed by atoms with van der Waals surface area (Å²) in [5.41, 5.74) is 0.123. The molecule has 2 atom stereocenters. The van der Waals surface area contributed by atoms with Crippen LogP contribution in [0.2, 0.25) is 0 Å². The molecule has 2 aromatic carbocycles. The molecule has 0 spiro atoms. The number of hydrogen-bond acceptors (Lipinski definition) is 3. The first-order chi connectivity index (χ1) is 10.2. The van der Waals surface area contributed by atoms with E-state index >= 15 is 0 Å². The van der Waals surface area contributed by atoms with Gasteiger partial charge in [-0.2, -0.15) is 5.26 Å². The number of nitriles is 1. The average molecular weight is 283 g/mol. The summed E-state index contributed by atoms with van der Waals surface area (Å²) in [6.07, 6.45) is -0.646. The number of aliphatic hydroxyl groups excluding tert-OH is 1. The van der Waals surface area contributed by atoms with Gasteiger partial charge < -0.3 is 9.84 Å². The third kappa shape index (κ3) is 2.16. The first-order valence-corrected chi connectivity index (χ1v) is 6.74. The van der Waals surface area contributed by atoms with Crippen molar-refractivity contribution in [2.75, 3.05) is 6.61 Å². The summed E-state index contributed by atoms with van der Waals surface area (Å²) >= 11 is 0. The summed E-state index contributed by atoms with van der Waals surface area (Å²) in [7, 11) is 0. The van der Waals surface area contributed by atoms with Crippen LogP contribution < -0.4 is 4.74 Å². The lowest BCUT2D eigenvalue weighted by atomic mass is 9.71. The maximum Gasteiger partial charge on any atom is 0.124 e. The lowest BCUT2D eigenvalue weighted by Crippen LogP contribution is -2.37. The summed E-state index contributed by atoms with van der Waals surface area (Å²) in [6.45, 7) is 0.364. The van der Waals surface area contributed by atoms with E-state index in [9.17, 15) is 14.8 Å². The van der Waals surface area contributed by atoms with Crippen LogP contribution in [0, 0.1) is 17.1 Å². The Morgan fingerprint density at radius 1 is 1.19 bits per heavy atom. The van der Waals surface area contributed by atoms with Crippen molar-refractivity contribution in [3.8, 4) is 11.8 Å². The van der Waals surface area contributed by atoms with Crippen LogP contribution >= 0.6 is 0 Å². The number of benzene rings is 2. The maximum atomic E-state index is 13.0. The van der Waals surface area contributed by atoms with Gasteiger partial charge in [-0.05, 0) is 23.8 Å². The fourth-order valence-corrected chi connectivity index (χ4v) is 2.81. The number of ether oxygens (including phenoxy) is 1. The van der Waals surface area contributed by atoms with E-state index in [1.165, 1.54) is 24.3 Å². The topological polar surface area (TPSA) is 53.2 Å². The molecule has 106 valence electrons. The van der Waals surface area contributed by atoms with E-state index in [1.54, 1.807) is 12.1 Å². The first kappa shape index (κ1) is 13.6. The summed E-state index contributed by atoms with van der Waals surface area (Å²) in [4.78, 5) is 0. The Kier molecular flexibility index (Phi) is 3.36. The van der Waals surface area contributed by atoms with Crippen molar-refractivity contribution in [3.63, 3.8) is 0 Å². The molecule has 1 N–H and O–H groups in total. The molecule has 0 radical (unpaired) electrons. The highest BCUT2D eigenvalue weighted by atomic mass is 19.1. The standard InChI is InChI=1S/C17H14FNO2/c18-13-7-5-12(6-8-13)16(20)17(11-19)9-10-21-15-4-2-1-3-14(15)17/h1-8,16,20H,9-10H2. The fraction of sp³-hybridized carbons (Fsp3) is 0.235. The minimum Gasteiger partial charge on any atom is -0.493 e. The molecule has 4 heteroatoms. The van der Waals surface area contributed by atoms with Crippen molar-refractivity contribution in [3.05, 3.63) is 65.5 Å². The van der Waals surface area contributed by atoms with Crippen LogP contribution in [0.25, 0.3) is 0 Å². The zero-order valence-electron chi connectivity index (χ0n) is 11.3. The van der Waals surface area contributed by atoms with Crippen molar-refractivity contribution in [2.24, 2.45) is 0 Å². The van der Waals surface area contributed by atoms with Gasteiger partial charge in [0.25, 0.3) is 0 Å². The van der Waals surface area contributed by atoms with Crippen molar-refractivity contribution in [2.45, 2.75) is 17.9 Å². The van der Waals surface area contributed by atoms with Gasteiger partial charge in [-0.15, -0.1) is 0 Å². The molecule has 0 saturated heterocycles. The van der Waals surface area contributed by atoms with Crippen molar-refractivity contribution in [1.29, 1.82) is 5.26 Å². The van der Waals surface area contributed by atoms with Crippen LogP contribution in [0.15, 0.2) is 48.5 Å². The smallest absolute Gasteiger partial charge is 0.124 e. The lowest BCUT2D eigenvalue weighted by Gasteiger charge is -2.37. The number of aliphatic hydroxyl groups is 1. The van der Waals surface area contributed by atoms with Gasteiger partial charge in [0.05, 0.1) is 12.7 Å². The second-order valence-electron chi connectivity index (χ2n) is 5.13. The Bertz CT molecular complexity index is 693. The fourth-order valence-electron chi connectivity index (χ4n) is 2.81. The predicted molar refractivity (Wildman–Crippen MR) is 75.2 cm³/mol. The lowest BCUT2D eigenvalue weighted by molar-refractivity contribution is 0.0806. The molecule has 0 bridgehead atoms. The van der Waals surface area contributed by atoms with Crippen LogP contribution in [0.1, 0.15) is 23.7 Å². The number of para-hydroxylation sites is 1. The first-order valence-electron chi connectivity index (χ1n) is 6.74. The molecule has 0 aliphatic carbocycles. The zero-order valence-corrected chi connectivity index (χ0v) is 11.3. The molecule has 0 fully saturated rings. The Labute approximate surface area is 122 Å². The molecule has 0 saturated carbocycles. The van der Waals surface area contributed by atoms with E-state index in [0.717, 1.165) is 0 Å². The van der Waals surface area contributed by atoms with E-state index < -0.39 is 11.5 Å². The van der Waals surface area contributed by atoms with Gasteiger partial charge in [0, 0.05) is 12.0 Å². The van der Waals surface area contributed by atoms with Gasteiger partial charge in [0.15, 0.2) is 0 Å². The zero-order chi connectivity index (χ0) is 14.9. The van der Waals surface area contributed by atoms with Crippen molar-refractivity contribution >= 4 is 0 Å². The highest BCUT2D eigenvalue weighted by molar-refractivity contribution is 5.48. The van der Waals surface area contributed by atoms with Gasteiger partial charge in [0.1, 0.15) is 23.1 Å². The highest BCUT2D eigenvalue weighted by Crippen LogP contribution is 2.46. The van der Waals surface area contributed by atoms with Gasteiger partial charge in [-0.25, -0.2) is 4.39 Å². The molecule has 0 aromatic heterocycles. The average Bonchev–Trinajstić information content (AvgIpc) is 2.54. The molecule has 21 heavy (non-hydrogen) atoms. The quantitative estimate of drug-likeness (QED) is 0.921. The monoisotopic (exact) mass is 283 g/mol. The maximum absolute atomic E-state index is 13.0. The molecule has 3 rings (SSSR count). The summed E-state index contributed by atoms with van der Waals surface area (Å²) in [6, 6.07) is 15.1. The number of rotatable bonds is 2. The SMILES string of the molecule is N#CC1(C(O)c2ccc(F)cc2)CCOc2ccccc21. The molecule has 2 aromatic rings. The van der Waals surface area contributed by atoms with E-state index in [-0.39, 0.29) is 5.82 Å². The number of fused-ring (bicyclic) bond motifs is 1. The Hall–Kier alpha value is -2.38. The van der Waals surface area contributed by atoms with Crippen LogP contribution in [0.5, 0.6) is 5.75 Å². The van der Waals surface area contributed by atoms with Crippen LogP contribution in [-0.4, -0.2) is 11.7 Å². The van der Waals surface area contributed by atoms with Gasteiger partial charge in [0.2, 0.25) is 0 Å². The second kappa shape index (κ2) is 5.19. The van der Waals surface area contributed by atoms with Crippen molar-refractivity contribution in [1.82, 2.24) is 0 Å². The second-order valence-corrected chi connectivity index (χ2v) is 5.13. The van der Waals surface area contributed by atoms with E-state index in [1.807, 2.05) is 12.1 Å². The van der Waals surface area contributed by atoms with E-state index in [0.29, 0.717) is 29.9 Å². The largest absolute Gasteiger partial charge is 0.493 e. The van der Waals surface area contributed by atoms with Gasteiger partial charge >= 0.3 is 0 Å². The number of hydrogen-bond donors (Lipinski definition) is 1. The molecule has 1 heterocycles. The molecular weight excluding hydrogens is 269 g/mol. The molecular formula is C17H14FNO2. The minimum atomic E-state index is -1.08. The van der Waals surface area contributed by atoms with Crippen LogP contribution in [0.4, 0.5) is 4.39 Å². The summed E-state index contributed by atoms with van der Waals surface area (Å²) in [5.74, 6) is 0.246. The van der Waals surface area contributed by atoms with E-state index in [4.69, 9.17) is 4.74 Å². The third-order valence-electron chi connectivity index (χ3n) is 3.97. The van der Waals surface area contributed by atoms with Crippen molar-refractivity contribution < 1.29 is 14.2 Å².